The highest BCUT2D eigenvalue weighted by Gasteiger charge is 2.20. The zero-order chi connectivity index (χ0) is 23.4. The zero-order valence-corrected chi connectivity index (χ0v) is 19.1. The van der Waals surface area contributed by atoms with Crippen molar-refractivity contribution in [1.82, 2.24) is 29.6 Å². The van der Waals surface area contributed by atoms with Gasteiger partial charge in [0.2, 0.25) is 11.7 Å². The topological polar surface area (TPSA) is 108 Å². The van der Waals surface area contributed by atoms with Crippen LogP contribution in [0.25, 0.3) is 33.7 Å². The van der Waals surface area contributed by atoms with E-state index in [1.165, 1.54) is 0 Å². The van der Waals surface area contributed by atoms with Gasteiger partial charge < -0.3 is 23.5 Å². The number of hydrogen-bond acceptors (Lipinski definition) is 8. The Morgan fingerprint density at radius 1 is 1.09 bits per heavy atom. The van der Waals surface area contributed by atoms with Gasteiger partial charge in [-0.25, -0.2) is 0 Å². The molecule has 0 saturated carbocycles. The van der Waals surface area contributed by atoms with E-state index in [4.69, 9.17) is 14.0 Å². The molecule has 10 heteroatoms. The molecule has 0 aliphatic rings. The predicted molar refractivity (Wildman–Crippen MR) is 122 cm³/mol. The van der Waals surface area contributed by atoms with Crippen molar-refractivity contribution >= 4 is 16.8 Å². The molecule has 0 atom stereocenters. The van der Waals surface area contributed by atoms with E-state index in [-0.39, 0.29) is 5.91 Å². The molecule has 0 aliphatic carbocycles. The van der Waals surface area contributed by atoms with Gasteiger partial charge in [-0.1, -0.05) is 5.16 Å². The molecule has 4 rings (SSSR count). The van der Waals surface area contributed by atoms with E-state index in [1.807, 2.05) is 35.9 Å². The van der Waals surface area contributed by atoms with Gasteiger partial charge in [-0.05, 0) is 24.3 Å². The highest BCUT2D eigenvalue weighted by atomic mass is 16.5. The summed E-state index contributed by atoms with van der Waals surface area (Å²) in [6.45, 7) is 3.61. The Hall–Kier alpha value is -3.63. The lowest BCUT2D eigenvalue weighted by atomic mass is 10.1. The van der Waals surface area contributed by atoms with Crippen LogP contribution in [0.3, 0.4) is 0 Å². The first-order valence-electron chi connectivity index (χ1n) is 10.5. The standard InChI is InChI=1S/C23H26N6O4/c1-15-26-22(27-33-15)16-5-6-24-18(11-16)19-12-17-13-20(28(2)21(17)14-25-19)23(30)29(7-9-31-3)8-10-32-4/h5-6,11-14H,7-10H2,1-4H3. The van der Waals surface area contributed by atoms with Crippen molar-refractivity contribution in [2.24, 2.45) is 7.05 Å². The third kappa shape index (κ3) is 4.76. The molecule has 0 unspecified atom stereocenters. The first-order valence-corrected chi connectivity index (χ1v) is 10.5. The molecule has 4 aromatic heterocycles. The average molecular weight is 450 g/mol. The number of pyridine rings is 2. The third-order valence-electron chi connectivity index (χ3n) is 5.37. The molecular weight excluding hydrogens is 424 g/mol. The van der Waals surface area contributed by atoms with Crippen LogP contribution in [-0.4, -0.2) is 76.0 Å². The zero-order valence-electron chi connectivity index (χ0n) is 19.1. The number of nitrogens with zero attached hydrogens (tertiary/aromatic N) is 6. The van der Waals surface area contributed by atoms with Crippen molar-refractivity contribution in [2.75, 3.05) is 40.5 Å². The largest absolute Gasteiger partial charge is 0.383 e. The fourth-order valence-corrected chi connectivity index (χ4v) is 3.58. The molecule has 0 spiro atoms. The number of methoxy groups -OCH3 is 2. The average Bonchev–Trinajstić information content (AvgIpc) is 3.42. The SMILES string of the molecule is COCCN(CCOC)C(=O)c1cc2cc(-c3cc(-c4noc(C)n4)ccn3)ncc2n1C. The lowest BCUT2D eigenvalue weighted by Gasteiger charge is -2.22. The maximum absolute atomic E-state index is 13.2. The van der Waals surface area contributed by atoms with E-state index in [2.05, 4.69) is 20.1 Å². The maximum Gasteiger partial charge on any atom is 0.270 e. The van der Waals surface area contributed by atoms with Crippen molar-refractivity contribution in [3.05, 3.63) is 48.2 Å². The van der Waals surface area contributed by atoms with Crippen molar-refractivity contribution in [3.8, 4) is 22.8 Å². The van der Waals surface area contributed by atoms with Crippen LogP contribution in [0.1, 0.15) is 16.4 Å². The van der Waals surface area contributed by atoms with E-state index in [0.29, 0.717) is 55.1 Å². The van der Waals surface area contributed by atoms with Gasteiger partial charge in [-0.2, -0.15) is 4.98 Å². The van der Waals surface area contributed by atoms with Gasteiger partial charge >= 0.3 is 0 Å². The molecule has 1 amide bonds. The summed E-state index contributed by atoms with van der Waals surface area (Å²) >= 11 is 0. The highest BCUT2D eigenvalue weighted by molar-refractivity contribution is 5.99. The van der Waals surface area contributed by atoms with Gasteiger partial charge in [0.1, 0.15) is 5.69 Å². The Morgan fingerprint density at radius 2 is 1.82 bits per heavy atom. The second-order valence-corrected chi connectivity index (χ2v) is 7.56. The summed E-state index contributed by atoms with van der Waals surface area (Å²) < 4.78 is 17.3. The quantitative estimate of drug-likeness (QED) is 0.383. The molecule has 172 valence electrons. The number of ether oxygens (including phenoxy) is 2. The molecular formula is C23H26N6O4. The van der Waals surface area contributed by atoms with E-state index in [1.54, 1.807) is 38.4 Å². The molecule has 0 radical (unpaired) electrons. The minimum absolute atomic E-state index is 0.0862. The van der Waals surface area contributed by atoms with Crippen molar-refractivity contribution in [2.45, 2.75) is 6.92 Å². The highest BCUT2D eigenvalue weighted by Crippen LogP contribution is 2.26. The Kier molecular flexibility index (Phi) is 6.76. The van der Waals surface area contributed by atoms with Gasteiger partial charge in [0.25, 0.3) is 5.91 Å². The molecule has 33 heavy (non-hydrogen) atoms. The Bertz CT molecular complexity index is 1260. The summed E-state index contributed by atoms with van der Waals surface area (Å²) in [4.78, 5) is 28.3. The molecule has 0 aromatic carbocycles. The van der Waals surface area contributed by atoms with E-state index < -0.39 is 0 Å². The molecule has 0 aliphatic heterocycles. The first-order chi connectivity index (χ1) is 16.0. The summed E-state index contributed by atoms with van der Waals surface area (Å²) in [6, 6.07) is 7.49. The third-order valence-corrected chi connectivity index (χ3v) is 5.37. The van der Waals surface area contributed by atoms with Crippen LogP contribution in [0.5, 0.6) is 0 Å². The van der Waals surface area contributed by atoms with Crippen molar-refractivity contribution in [3.63, 3.8) is 0 Å². The van der Waals surface area contributed by atoms with Gasteiger partial charge in [-0.3, -0.25) is 14.8 Å². The summed E-state index contributed by atoms with van der Waals surface area (Å²) in [5, 5.41) is 4.86. The number of rotatable bonds is 9. The lowest BCUT2D eigenvalue weighted by Crippen LogP contribution is -2.37. The number of carbonyl (C=O) groups is 1. The van der Waals surface area contributed by atoms with Crippen LogP contribution in [0.2, 0.25) is 0 Å². The summed E-state index contributed by atoms with van der Waals surface area (Å²) in [7, 11) is 5.09. The Balaban J connectivity index is 1.66. The number of fused-ring (bicyclic) bond motifs is 1. The number of carbonyl (C=O) groups excluding carboxylic acids is 1. The van der Waals surface area contributed by atoms with Crippen LogP contribution >= 0.6 is 0 Å². The van der Waals surface area contributed by atoms with E-state index in [9.17, 15) is 4.79 Å². The summed E-state index contributed by atoms with van der Waals surface area (Å²) in [5.41, 5.74) is 3.57. The van der Waals surface area contributed by atoms with Crippen LogP contribution in [0.4, 0.5) is 0 Å². The Morgan fingerprint density at radius 3 is 2.48 bits per heavy atom. The van der Waals surface area contributed by atoms with Crippen LogP contribution in [0, 0.1) is 6.92 Å². The van der Waals surface area contributed by atoms with Gasteiger partial charge in [0.15, 0.2) is 0 Å². The predicted octanol–water partition coefficient (Wildman–Crippen LogP) is 2.73. The van der Waals surface area contributed by atoms with E-state index in [0.717, 1.165) is 16.5 Å². The Labute approximate surface area is 191 Å². The number of amides is 1. The number of hydrogen-bond donors (Lipinski definition) is 0. The second kappa shape index (κ2) is 9.88. The van der Waals surface area contributed by atoms with Crippen LogP contribution < -0.4 is 0 Å². The van der Waals surface area contributed by atoms with Crippen LogP contribution in [0.15, 0.2) is 41.2 Å². The molecule has 4 heterocycles. The molecule has 4 aromatic rings. The normalized spacial score (nSPS) is 11.3. The minimum atomic E-state index is -0.0862. The molecule has 10 nitrogen and oxygen atoms in total. The molecule has 0 saturated heterocycles. The molecule has 0 fully saturated rings. The summed E-state index contributed by atoms with van der Waals surface area (Å²) in [6.07, 6.45) is 3.44. The first kappa shape index (κ1) is 22.6. The minimum Gasteiger partial charge on any atom is -0.383 e. The number of aromatic nitrogens is 5. The van der Waals surface area contributed by atoms with Crippen LogP contribution in [-0.2, 0) is 16.5 Å². The lowest BCUT2D eigenvalue weighted by molar-refractivity contribution is 0.0619. The summed E-state index contributed by atoms with van der Waals surface area (Å²) in [5.74, 6) is 0.906. The van der Waals surface area contributed by atoms with Gasteiger partial charge in [-0.15, -0.1) is 0 Å². The monoisotopic (exact) mass is 450 g/mol. The molecule has 0 N–H and O–H groups in total. The fourth-order valence-electron chi connectivity index (χ4n) is 3.58. The maximum atomic E-state index is 13.2. The fraction of sp³-hybridized carbons (Fsp3) is 0.348. The molecule has 0 bridgehead atoms. The van der Waals surface area contributed by atoms with Gasteiger partial charge in [0, 0.05) is 58.4 Å². The van der Waals surface area contributed by atoms with Crippen molar-refractivity contribution < 1.29 is 18.8 Å². The number of aryl methyl sites for hydroxylation is 2. The van der Waals surface area contributed by atoms with Gasteiger partial charge in [0.05, 0.1) is 36.3 Å². The van der Waals surface area contributed by atoms with E-state index >= 15 is 0 Å². The second-order valence-electron chi connectivity index (χ2n) is 7.56. The van der Waals surface area contributed by atoms with Crippen molar-refractivity contribution in [1.29, 1.82) is 0 Å². The smallest absolute Gasteiger partial charge is 0.270 e.